The lowest BCUT2D eigenvalue weighted by Crippen LogP contribution is -2.34. The Balaban J connectivity index is 2.09. The minimum absolute atomic E-state index is 0.575. The maximum absolute atomic E-state index is 5.83. The summed E-state index contributed by atoms with van der Waals surface area (Å²) in [6.45, 7) is 2.27. The average molecular weight is 256 g/mol. The second-order valence-electron chi connectivity index (χ2n) is 4.00. The molecule has 14 heavy (non-hydrogen) atoms. The van der Waals surface area contributed by atoms with Crippen LogP contribution in [0.3, 0.4) is 0 Å². The fourth-order valence-electron chi connectivity index (χ4n) is 1.83. The maximum Gasteiger partial charge on any atom is 0.0752 e. The van der Waals surface area contributed by atoms with E-state index in [1.807, 2.05) is 0 Å². The van der Waals surface area contributed by atoms with E-state index in [1.54, 1.807) is 12.4 Å². The van der Waals surface area contributed by atoms with Gasteiger partial charge in [-0.1, -0.05) is 6.92 Å². The topological polar surface area (TPSA) is 50.9 Å². The molecule has 1 saturated carbocycles. The molecular formula is C10H14BrN3. The van der Waals surface area contributed by atoms with Crippen molar-refractivity contribution < 1.29 is 0 Å². The van der Waals surface area contributed by atoms with Crippen molar-refractivity contribution in [3.63, 3.8) is 0 Å². The Morgan fingerprint density at radius 2 is 2.21 bits per heavy atom. The van der Waals surface area contributed by atoms with E-state index in [0.29, 0.717) is 11.7 Å². The minimum Gasteiger partial charge on any atom is -0.396 e. The molecule has 0 aliphatic heterocycles. The molecule has 76 valence electrons. The highest BCUT2D eigenvalue weighted by Gasteiger charge is 2.25. The predicted octanol–water partition coefficient (Wildman–Crippen LogP) is 2.64. The molecule has 0 spiro atoms. The maximum atomic E-state index is 5.83. The van der Waals surface area contributed by atoms with E-state index in [1.165, 1.54) is 12.8 Å². The second kappa shape index (κ2) is 3.77. The van der Waals surface area contributed by atoms with E-state index in [4.69, 9.17) is 5.73 Å². The lowest BCUT2D eigenvalue weighted by Gasteiger charge is -2.34. The Bertz CT molecular complexity index is 314. The average Bonchev–Trinajstić information content (AvgIpc) is 2.08. The molecule has 1 heterocycles. The third-order valence-corrected chi connectivity index (χ3v) is 3.25. The number of pyridine rings is 1. The van der Waals surface area contributed by atoms with Gasteiger partial charge < -0.3 is 11.1 Å². The Morgan fingerprint density at radius 3 is 2.79 bits per heavy atom. The molecule has 0 aromatic carbocycles. The molecule has 0 radical (unpaired) electrons. The molecule has 1 fully saturated rings. The summed E-state index contributed by atoms with van der Waals surface area (Å²) in [5.41, 5.74) is 7.52. The second-order valence-corrected chi connectivity index (χ2v) is 4.86. The number of nitrogens with two attached hydrogens (primary N) is 1. The molecule has 3 N–H and O–H groups in total. The van der Waals surface area contributed by atoms with Crippen LogP contribution in [0.1, 0.15) is 19.8 Å². The van der Waals surface area contributed by atoms with Gasteiger partial charge in [0.2, 0.25) is 0 Å². The van der Waals surface area contributed by atoms with Crippen molar-refractivity contribution in [2.24, 2.45) is 5.92 Å². The minimum atomic E-state index is 0.575. The van der Waals surface area contributed by atoms with Gasteiger partial charge in [-0.15, -0.1) is 0 Å². The number of aromatic nitrogens is 1. The highest BCUT2D eigenvalue weighted by atomic mass is 79.9. The first-order chi connectivity index (χ1) is 6.66. The van der Waals surface area contributed by atoms with Crippen LogP contribution in [-0.4, -0.2) is 11.0 Å². The van der Waals surface area contributed by atoms with E-state index in [-0.39, 0.29) is 0 Å². The fourth-order valence-corrected chi connectivity index (χ4v) is 2.29. The zero-order valence-corrected chi connectivity index (χ0v) is 9.71. The number of halogens is 1. The van der Waals surface area contributed by atoms with Gasteiger partial charge in [0.25, 0.3) is 0 Å². The lowest BCUT2D eigenvalue weighted by atomic mass is 9.82. The zero-order chi connectivity index (χ0) is 10.1. The Labute approximate surface area is 92.2 Å². The highest BCUT2D eigenvalue weighted by Crippen LogP contribution is 2.34. The van der Waals surface area contributed by atoms with Gasteiger partial charge in [0.05, 0.1) is 22.0 Å². The molecule has 4 heteroatoms. The first-order valence-corrected chi connectivity index (χ1v) is 5.61. The van der Waals surface area contributed by atoms with Crippen molar-refractivity contribution in [1.82, 2.24) is 4.98 Å². The number of hydrogen-bond acceptors (Lipinski definition) is 3. The van der Waals surface area contributed by atoms with Gasteiger partial charge in [0.15, 0.2) is 0 Å². The molecular weight excluding hydrogens is 242 g/mol. The number of hydrogen-bond donors (Lipinski definition) is 2. The number of anilines is 2. The molecule has 1 aromatic rings. The van der Waals surface area contributed by atoms with Gasteiger partial charge in [-0.3, -0.25) is 4.98 Å². The van der Waals surface area contributed by atoms with Gasteiger partial charge in [0.1, 0.15) is 0 Å². The highest BCUT2D eigenvalue weighted by molar-refractivity contribution is 9.10. The third kappa shape index (κ3) is 1.85. The molecule has 0 atom stereocenters. The Kier molecular flexibility index (Phi) is 2.63. The summed E-state index contributed by atoms with van der Waals surface area (Å²) < 4.78 is 0.942. The summed E-state index contributed by atoms with van der Waals surface area (Å²) in [5.74, 6) is 0.842. The largest absolute Gasteiger partial charge is 0.396 e. The smallest absolute Gasteiger partial charge is 0.0752 e. The van der Waals surface area contributed by atoms with Gasteiger partial charge >= 0.3 is 0 Å². The summed E-state index contributed by atoms with van der Waals surface area (Å²) >= 11 is 3.44. The van der Waals surface area contributed by atoms with Crippen LogP contribution in [0.15, 0.2) is 16.9 Å². The van der Waals surface area contributed by atoms with Crippen LogP contribution >= 0.6 is 15.9 Å². The van der Waals surface area contributed by atoms with E-state index >= 15 is 0 Å². The van der Waals surface area contributed by atoms with E-state index < -0.39 is 0 Å². The van der Waals surface area contributed by atoms with Gasteiger partial charge in [0, 0.05) is 12.2 Å². The normalized spacial score (nSPS) is 25.6. The molecule has 2 rings (SSSR count). The van der Waals surface area contributed by atoms with Crippen molar-refractivity contribution in [1.29, 1.82) is 0 Å². The van der Waals surface area contributed by atoms with Crippen LogP contribution in [0, 0.1) is 5.92 Å². The first-order valence-electron chi connectivity index (χ1n) is 4.82. The monoisotopic (exact) mass is 255 g/mol. The summed E-state index contributed by atoms with van der Waals surface area (Å²) in [4.78, 5) is 4.00. The van der Waals surface area contributed by atoms with Crippen molar-refractivity contribution >= 4 is 27.3 Å². The molecule has 1 aliphatic carbocycles. The van der Waals surface area contributed by atoms with Crippen LogP contribution in [0.4, 0.5) is 11.4 Å². The van der Waals surface area contributed by atoms with Crippen LogP contribution in [-0.2, 0) is 0 Å². The van der Waals surface area contributed by atoms with Crippen molar-refractivity contribution in [2.75, 3.05) is 11.1 Å². The molecule has 1 aromatic heterocycles. The van der Waals surface area contributed by atoms with E-state index in [2.05, 4.69) is 33.2 Å². The van der Waals surface area contributed by atoms with E-state index in [9.17, 15) is 0 Å². The van der Waals surface area contributed by atoms with Crippen LogP contribution in [0.2, 0.25) is 0 Å². The number of nitrogens with zero attached hydrogens (tertiary/aromatic N) is 1. The van der Waals surface area contributed by atoms with Gasteiger partial charge in [-0.05, 0) is 34.7 Å². The molecule has 1 aliphatic rings. The van der Waals surface area contributed by atoms with Crippen molar-refractivity contribution in [2.45, 2.75) is 25.8 Å². The molecule has 0 bridgehead atoms. The standard InChI is InChI=1S/C10H14BrN3/c1-6-2-7(3-6)14-10-8(11)4-13-5-9(10)12/h4-7H,2-3,12H2,1H3,(H,13,14). The Morgan fingerprint density at radius 1 is 1.50 bits per heavy atom. The van der Waals surface area contributed by atoms with Gasteiger partial charge in [-0.2, -0.15) is 0 Å². The quantitative estimate of drug-likeness (QED) is 0.855. The first kappa shape index (κ1) is 9.77. The summed E-state index contributed by atoms with van der Waals surface area (Å²) in [5, 5.41) is 3.43. The molecule has 0 amide bonds. The van der Waals surface area contributed by atoms with Crippen LogP contribution in [0.5, 0.6) is 0 Å². The van der Waals surface area contributed by atoms with E-state index in [0.717, 1.165) is 16.1 Å². The summed E-state index contributed by atoms with van der Waals surface area (Å²) in [6.07, 6.45) is 5.90. The van der Waals surface area contributed by atoms with Crippen LogP contribution in [0.25, 0.3) is 0 Å². The predicted molar refractivity (Wildman–Crippen MR) is 62.2 cm³/mol. The SMILES string of the molecule is CC1CC(Nc2c(N)cncc2Br)C1. The number of nitrogen functional groups attached to an aromatic ring is 1. The van der Waals surface area contributed by atoms with Crippen molar-refractivity contribution in [3.05, 3.63) is 16.9 Å². The zero-order valence-electron chi connectivity index (χ0n) is 8.13. The molecule has 0 saturated heterocycles. The fraction of sp³-hybridized carbons (Fsp3) is 0.500. The number of nitrogens with one attached hydrogen (secondary N) is 1. The third-order valence-electron chi connectivity index (χ3n) is 2.65. The Hall–Kier alpha value is -0.770. The number of rotatable bonds is 2. The lowest BCUT2D eigenvalue weighted by molar-refractivity contribution is 0.309. The summed E-state index contributed by atoms with van der Waals surface area (Å²) in [6, 6.07) is 0.575. The summed E-state index contributed by atoms with van der Waals surface area (Å²) in [7, 11) is 0. The molecule has 3 nitrogen and oxygen atoms in total. The van der Waals surface area contributed by atoms with Gasteiger partial charge in [-0.25, -0.2) is 0 Å². The van der Waals surface area contributed by atoms with Crippen LogP contribution < -0.4 is 11.1 Å². The molecule has 0 unspecified atom stereocenters. The van der Waals surface area contributed by atoms with Crippen molar-refractivity contribution in [3.8, 4) is 0 Å².